The Labute approximate surface area is 116 Å². The van der Waals surface area contributed by atoms with Crippen LogP contribution in [0.1, 0.15) is 31.2 Å². The topological polar surface area (TPSA) is 50.9 Å². The number of alkyl halides is 3. The van der Waals surface area contributed by atoms with Gasteiger partial charge in [0.15, 0.2) is 0 Å². The fraction of sp³-hybridized carbons (Fsp3) is 0.643. The Kier molecular flexibility index (Phi) is 4.86. The molecule has 0 aromatic carbocycles. The van der Waals surface area contributed by atoms with Crippen molar-refractivity contribution in [1.82, 2.24) is 4.98 Å². The van der Waals surface area contributed by atoms with Crippen molar-refractivity contribution in [3.8, 4) is 0 Å². The fourth-order valence-corrected chi connectivity index (χ4v) is 2.77. The highest BCUT2D eigenvalue weighted by Gasteiger charge is 2.30. The van der Waals surface area contributed by atoms with Gasteiger partial charge in [-0.15, -0.1) is 0 Å². The van der Waals surface area contributed by atoms with Gasteiger partial charge in [-0.05, 0) is 43.4 Å². The van der Waals surface area contributed by atoms with Crippen molar-refractivity contribution in [3.63, 3.8) is 0 Å². The summed E-state index contributed by atoms with van der Waals surface area (Å²) in [5.41, 5.74) is 5.04. The highest BCUT2D eigenvalue weighted by Crippen LogP contribution is 2.30. The number of halogens is 3. The van der Waals surface area contributed by atoms with E-state index in [0.717, 1.165) is 31.6 Å². The average Bonchev–Trinajstić information content (AvgIpc) is 2.45. The number of aromatic nitrogens is 1. The molecule has 0 bridgehead atoms. The van der Waals surface area contributed by atoms with E-state index in [4.69, 9.17) is 5.73 Å². The van der Waals surface area contributed by atoms with E-state index in [0.29, 0.717) is 24.2 Å². The molecular weight excluding hydrogens is 267 g/mol. The van der Waals surface area contributed by atoms with Crippen LogP contribution in [0.4, 0.5) is 19.0 Å². The highest BCUT2D eigenvalue weighted by molar-refractivity contribution is 5.36. The van der Waals surface area contributed by atoms with E-state index in [1.165, 1.54) is 18.9 Å². The first-order valence-electron chi connectivity index (χ1n) is 6.98. The maximum Gasteiger partial charge on any atom is 0.417 e. The van der Waals surface area contributed by atoms with E-state index in [9.17, 15) is 13.2 Å². The zero-order valence-electron chi connectivity index (χ0n) is 11.3. The number of pyridine rings is 1. The van der Waals surface area contributed by atoms with Gasteiger partial charge in [0, 0.05) is 12.7 Å². The molecule has 1 aliphatic carbocycles. The third-order valence-electron chi connectivity index (χ3n) is 4.01. The normalized spacial score (nSPS) is 23.6. The summed E-state index contributed by atoms with van der Waals surface area (Å²) in [6.45, 7) is 1.40. The predicted molar refractivity (Wildman–Crippen MR) is 72.2 cm³/mol. The van der Waals surface area contributed by atoms with Gasteiger partial charge in [-0.1, -0.05) is 12.8 Å². The second-order valence-corrected chi connectivity index (χ2v) is 5.35. The van der Waals surface area contributed by atoms with Gasteiger partial charge in [0.25, 0.3) is 0 Å². The van der Waals surface area contributed by atoms with Gasteiger partial charge in [-0.25, -0.2) is 4.98 Å². The summed E-state index contributed by atoms with van der Waals surface area (Å²) >= 11 is 0. The minimum absolute atomic E-state index is 0.484. The standard InChI is InChI=1S/C14H20F3N3/c15-14(16,17)12-5-6-13(20-9-12)19-8-11-4-2-1-3-10(11)7-18/h5-6,9-11H,1-4,7-8,18H2,(H,19,20). The number of anilines is 1. The van der Waals surface area contributed by atoms with Crippen LogP contribution in [0.2, 0.25) is 0 Å². The molecule has 0 radical (unpaired) electrons. The van der Waals surface area contributed by atoms with Gasteiger partial charge in [0.1, 0.15) is 5.82 Å². The van der Waals surface area contributed by atoms with E-state index in [-0.39, 0.29) is 0 Å². The van der Waals surface area contributed by atoms with Crippen molar-refractivity contribution >= 4 is 5.82 Å². The first kappa shape index (κ1) is 15.1. The minimum atomic E-state index is -4.33. The number of hydrogen-bond donors (Lipinski definition) is 2. The lowest BCUT2D eigenvalue weighted by molar-refractivity contribution is -0.137. The van der Waals surface area contributed by atoms with Crippen LogP contribution in [0, 0.1) is 11.8 Å². The SMILES string of the molecule is NCC1CCCCC1CNc1ccc(C(F)(F)F)cn1. The maximum atomic E-state index is 12.4. The molecule has 0 amide bonds. The van der Waals surface area contributed by atoms with Crippen LogP contribution in [0.15, 0.2) is 18.3 Å². The van der Waals surface area contributed by atoms with Crippen LogP contribution in [-0.4, -0.2) is 18.1 Å². The third kappa shape index (κ3) is 3.85. The molecule has 6 heteroatoms. The lowest BCUT2D eigenvalue weighted by atomic mass is 9.79. The van der Waals surface area contributed by atoms with Gasteiger partial charge in [-0.3, -0.25) is 0 Å². The molecule has 1 aromatic heterocycles. The number of nitrogens with zero attached hydrogens (tertiary/aromatic N) is 1. The van der Waals surface area contributed by atoms with Crippen molar-refractivity contribution in [2.75, 3.05) is 18.4 Å². The number of nitrogens with one attached hydrogen (secondary N) is 1. The molecule has 0 aliphatic heterocycles. The highest BCUT2D eigenvalue weighted by atomic mass is 19.4. The summed E-state index contributed by atoms with van der Waals surface area (Å²) in [5, 5.41) is 3.12. The van der Waals surface area contributed by atoms with E-state index in [1.54, 1.807) is 0 Å². The molecule has 1 aliphatic rings. The van der Waals surface area contributed by atoms with Crippen molar-refractivity contribution in [3.05, 3.63) is 23.9 Å². The van der Waals surface area contributed by atoms with Crippen molar-refractivity contribution in [1.29, 1.82) is 0 Å². The van der Waals surface area contributed by atoms with E-state index in [1.807, 2.05) is 0 Å². The van der Waals surface area contributed by atoms with Gasteiger partial charge in [0.05, 0.1) is 5.56 Å². The molecule has 0 spiro atoms. The molecule has 1 heterocycles. The maximum absolute atomic E-state index is 12.4. The summed E-state index contributed by atoms with van der Waals surface area (Å²) < 4.78 is 37.3. The monoisotopic (exact) mass is 287 g/mol. The van der Waals surface area contributed by atoms with Crippen LogP contribution in [-0.2, 0) is 6.18 Å². The summed E-state index contributed by atoms with van der Waals surface area (Å²) in [5.74, 6) is 1.47. The zero-order chi connectivity index (χ0) is 14.6. The van der Waals surface area contributed by atoms with Crippen molar-refractivity contribution in [2.24, 2.45) is 17.6 Å². The van der Waals surface area contributed by atoms with Gasteiger partial charge >= 0.3 is 6.18 Å². The van der Waals surface area contributed by atoms with E-state index < -0.39 is 11.7 Å². The Morgan fingerprint density at radius 3 is 2.45 bits per heavy atom. The fourth-order valence-electron chi connectivity index (χ4n) is 2.77. The average molecular weight is 287 g/mol. The van der Waals surface area contributed by atoms with Crippen LogP contribution < -0.4 is 11.1 Å². The first-order chi connectivity index (χ1) is 9.50. The Hall–Kier alpha value is -1.30. The minimum Gasteiger partial charge on any atom is -0.370 e. The lowest BCUT2D eigenvalue weighted by Gasteiger charge is -2.30. The third-order valence-corrected chi connectivity index (χ3v) is 4.01. The molecule has 112 valence electrons. The van der Waals surface area contributed by atoms with Gasteiger partial charge in [0.2, 0.25) is 0 Å². The molecule has 2 atom stereocenters. The molecule has 1 saturated carbocycles. The van der Waals surface area contributed by atoms with E-state index in [2.05, 4.69) is 10.3 Å². The number of nitrogens with two attached hydrogens (primary N) is 1. The summed E-state index contributed by atoms with van der Waals surface area (Å²) in [4.78, 5) is 3.82. The molecule has 3 N–H and O–H groups in total. The molecule has 1 aromatic rings. The van der Waals surface area contributed by atoms with Gasteiger partial charge in [-0.2, -0.15) is 13.2 Å². The Balaban J connectivity index is 1.90. The van der Waals surface area contributed by atoms with Crippen molar-refractivity contribution in [2.45, 2.75) is 31.9 Å². The van der Waals surface area contributed by atoms with Crippen LogP contribution in [0.25, 0.3) is 0 Å². The molecule has 1 fully saturated rings. The first-order valence-corrected chi connectivity index (χ1v) is 6.98. The predicted octanol–water partition coefficient (Wildman–Crippen LogP) is 3.28. The Morgan fingerprint density at radius 1 is 1.20 bits per heavy atom. The second-order valence-electron chi connectivity index (χ2n) is 5.35. The smallest absolute Gasteiger partial charge is 0.370 e. The summed E-state index contributed by atoms with van der Waals surface area (Å²) in [6, 6.07) is 2.43. The molecular formula is C14H20F3N3. The Morgan fingerprint density at radius 2 is 1.90 bits per heavy atom. The number of rotatable bonds is 4. The van der Waals surface area contributed by atoms with Crippen molar-refractivity contribution < 1.29 is 13.2 Å². The molecule has 3 nitrogen and oxygen atoms in total. The lowest BCUT2D eigenvalue weighted by Crippen LogP contribution is -2.31. The molecule has 2 unspecified atom stereocenters. The molecule has 0 saturated heterocycles. The number of hydrogen-bond acceptors (Lipinski definition) is 3. The summed E-state index contributed by atoms with van der Waals surface area (Å²) in [6.07, 6.45) is 1.21. The van der Waals surface area contributed by atoms with Gasteiger partial charge < -0.3 is 11.1 Å². The van der Waals surface area contributed by atoms with Crippen LogP contribution >= 0.6 is 0 Å². The second kappa shape index (κ2) is 6.43. The molecule has 2 rings (SSSR count). The molecule has 20 heavy (non-hydrogen) atoms. The van der Waals surface area contributed by atoms with Crippen LogP contribution in [0.5, 0.6) is 0 Å². The quantitative estimate of drug-likeness (QED) is 0.893. The zero-order valence-corrected chi connectivity index (χ0v) is 11.3. The van der Waals surface area contributed by atoms with E-state index >= 15 is 0 Å². The largest absolute Gasteiger partial charge is 0.417 e. The Bertz CT molecular complexity index is 417. The van der Waals surface area contributed by atoms with Crippen LogP contribution in [0.3, 0.4) is 0 Å². The summed E-state index contributed by atoms with van der Waals surface area (Å²) in [7, 11) is 0.